The molecule has 0 saturated carbocycles. The molecule has 2 aromatic carbocycles. The molecule has 1 aliphatic carbocycles. The molecule has 0 unspecified atom stereocenters. The van der Waals surface area contributed by atoms with E-state index in [1.54, 1.807) is 0 Å². The first kappa shape index (κ1) is 12.5. The van der Waals surface area contributed by atoms with Gasteiger partial charge in [-0.2, -0.15) is 0 Å². The Bertz CT molecular complexity index is 891. The lowest BCUT2D eigenvalue weighted by Gasteiger charge is -2.20. The normalized spacial score (nSPS) is 15.0. The molecule has 0 atom stereocenters. The van der Waals surface area contributed by atoms with Crippen LogP contribution in [0.25, 0.3) is 21.9 Å². The van der Waals surface area contributed by atoms with Gasteiger partial charge in [0.05, 0.1) is 5.69 Å². The molecule has 0 amide bonds. The van der Waals surface area contributed by atoms with Crippen LogP contribution < -0.4 is 0 Å². The molecule has 0 saturated heterocycles. The summed E-state index contributed by atoms with van der Waals surface area (Å²) in [5, 5.41) is 2.57. The Morgan fingerprint density at radius 2 is 1.57 bits per heavy atom. The Morgan fingerprint density at radius 3 is 2.29 bits per heavy atom. The van der Waals surface area contributed by atoms with Gasteiger partial charge in [-0.05, 0) is 47.9 Å². The smallest absolute Gasteiger partial charge is 0.125 e. The van der Waals surface area contributed by atoms with Gasteiger partial charge in [-0.1, -0.05) is 38.1 Å². The van der Waals surface area contributed by atoms with E-state index in [1.807, 2.05) is 6.92 Å². The molecule has 0 radical (unpaired) electrons. The van der Waals surface area contributed by atoms with Gasteiger partial charge in [-0.15, -0.1) is 0 Å². The minimum atomic E-state index is -0.0623. The van der Waals surface area contributed by atoms with Gasteiger partial charge in [0.2, 0.25) is 0 Å². The molecular formula is C19H18N2. The van der Waals surface area contributed by atoms with E-state index < -0.39 is 0 Å². The predicted octanol–water partition coefficient (Wildman–Crippen LogP) is 4.55. The second-order valence-corrected chi connectivity index (χ2v) is 6.45. The molecule has 0 fully saturated rings. The fourth-order valence-corrected chi connectivity index (χ4v) is 3.58. The van der Waals surface area contributed by atoms with Gasteiger partial charge in [0.15, 0.2) is 0 Å². The Hall–Kier alpha value is -2.22. The quantitative estimate of drug-likeness (QED) is 0.601. The highest BCUT2D eigenvalue weighted by atomic mass is 14.9. The highest BCUT2D eigenvalue weighted by Gasteiger charge is 2.38. The number of nitrogens with zero attached hydrogens (tertiary/aromatic N) is 2. The molecule has 0 bridgehead atoms. The van der Waals surface area contributed by atoms with Crippen LogP contribution in [0.1, 0.15) is 36.6 Å². The van der Waals surface area contributed by atoms with Crippen LogP contribution in [0.15, 0.2) is 36.4 Å². The fourth-order valence-electron chi connectivity index (χ4n) is 3.58. The van der Waals surface area contributed by atoms with E-state index >= 15 is 0 Å². The zero-order chi connectivity index (χ0) is 14.8. The first-order valence-corrected chi connectivity index (χ1v) is 7.38. The van der Waals surface area contributed by atoms with Gasteiger partial charge >= 0.3 is 0 Å². The molecule has 0 aliphatic heterocycles. The van der Waals surface area contributed by atoms with Crippen LogP contribution in [0.4, 0.5) is 0 Å². The minimum absolute atomic E-state index is 0.0623. The summed E-state index contributed by atoms with van der Waals surface area (Å²) in [6.45, 7) is 8.59. The SMILES string of the molecule is Cc1nc(C)c2c(n1)C(C)(C)c1cc3ccccc3cc1-2. The number of benzene rings is 2. The third-order valence-corrected chi connectivity index (χ3v) is 4.62. The van der Waals surface area contributed by atoms with E-state index in [0.717, 1.165) is 17.2 Å². The molecule has 0 spiro atoms. The van der Waals surface area contributed by atoms with Crippen molar-refractivity contribution in [2.75, 3.05) is 0 Å². The van der Waals surface area contributed by atoms with Crippen LogP contribution in [0.3, 0.4) is 0 Å². The molecule has 1 aliphatic rings. The number of aryl methyl sites for hydroxylation is 2. The van der Waals surface area contributed by atoms with Crippen molar-refractivity contribution in [1.29, 1.82) is 0 Å². The van der Waals surface area contributed by atoms with Gasteiger partial charge in [0.25, 0.3) is 0 Å². The zero-order valence-corrected chi connectivity index (χ0v) is 12.9. The molecule has 3 aromatic rings. The van der Waals surface area contributed by atoms with Crippen LogP contribution in [0.2, 0.25) is 0 Å². The maximum Gasteiger partial charge on any atom is 0.125 e. The summed E-state index contributed by atoms with van der Waals surface area (Å²) >= 11 is 0. The van der Waals surface area contributed by atoms with Crippen molar-refractivity contribution in [2.45, 2.75) is 33.1 Å². The maximum atomic E-state index is 4.76. The van der Waals surface area contributed by atoms with Crippen LogP contribution in [0, 0.1) is 13.8 Å². The molecular weight excluding hydrogens is 256 g/mol. The Labute approximate surface area is 124 Å². The van der Waals surface area contributed by atoms with Crippen molar-refractivity contribution in [3.63, 3.8) is 0 Å². The van der Waals surface area contributed by atoms with E-state index in [2.05, 4.69) is 62.2 Å². The fraction of sp³-hybridized carbons (Fsp3) is 0.263. The second-order valence-electron chi connectivity index (χ2n) is 6.45. The lowest BCUT2D eigenvalue weighted by Crippen LogP contribution is -2.17. The third-order valence-electron chi connectivity index (χ3n) is 4.62. The lowest BCUT2D eigenvalue weighted by atomic mass is 9.84. The van der Waals surface area contributed by atoms with E-state index in [1.165, 1.54) is 27.5 Å². The first-order chi connectivity index (χ1) is 9.98. The molecule has 1 heterocycles. The summed E-state index contributed by atoms with van der Waals surface area (Å²) in [5.41, 5.74) is 6.07. The molecule has 1 aromatic heterocycles. The van der Waals surface area contributed by atoms with Crippen LogP contribution in [-0.4, -0.2) is 9.97 Å². The van der Waals surface area contributed by atoms with E-state index in [4.69, 9.17) is 4.98 Å². The molecule has 0 N–H and O–H groups in total. The molecule has 2 heteroatoms. The number of fused-ring (bicyclic) bond motifs is 4. The summed E-state index contributed by atoms with van der Waals surface area (Å²) in [4.78, 5) is 9.34. The standard InChI is InChI=1S/C19H18N2/c1-11-17-15-9-13-7-5-6-8-14(13)10-16(15)19(3,4)18(17)21-12(2)20-11/h5-10H,1-4H3. The summed E-state index contributed by atoms with van der Waals surface area (Å²) in [5.74, 6) is 0.858. The van der Waals surface area contributed by atoms with E-state index in [-0.39, 0.29) is 5.41 Å². The summed E-state index contributed by atoms with van der Waals surface area (Å²) in [6.07, 6.45) is 0. The highest BCUT2D eigenvalue weighted by Crippen LogP contribution is 2.49. The first-order valence-electron chi connectivity index (χ1n) is 7.38. The number of aromatic nitrogens is 2. The number of rotatable bonds is 0. The Balaban J connectivity index is 2.16. The molecule has 104 valence electrons. The summed E-state index contributed by atoms with van der Waals surface area (Å²) in [7, 11) is 0. The number of hydrogen-bond acceptors (Lipinski definition) is 2. The van der Waals surface area contributed by atoms with E-state index in [0.29, 0.717) is 0 Å². The van der Waals surface area contributed by atoms with Crippen LogP contribution in [-0.2, 0) is 5.41 Å². The van der Waals surface area contributed by atoms with Gasteiger partial charge < -0.3 is 0 Å². The maximum absolute atomic E-state index is 4.76. The lowest BCUT2D eigenvalue weighted by molar-refractivity contribution is 0.631. The van der Waals surface area contributed by atoms with Crippen molar-refractivity contribution in [1.82, 2.24) is 9.97 Å². The third kappa shape index (κ3) is 1.59. The van der Waals surface area contributed by atoms with Crippen LogP contribution >= 0.6 is 0 Å². The summed E-state index contributed by atoms with van der Waals surface area (Å²) in [6, 6.07) is 13.2. The topological polar surface area (TPSA) is 25.8 Å². The second kappa shape index (κ2) is 3.91. The predicted molar refractivity (Wildman–Crippen MR) is 86.6 cm³/mol. The molecule has 4 rings (SSSR count). The zero-order valence-electron chi connectivity index (χ0n) is 12.9. The van der Waals surface area contributed by atoms with Crippen molar-refractivity contribution in [3.05, 3.63) is 59.2 Å². The monoisotopic (exact) mass is 274 g/mol. The van der Waals surface area contributed by atoms with Gasteiger partial charge in [0.1, 0.15) is 5.82 Å². The van der Waals surface area contributed by atoms with Crippen molar-refractivity contribution < 1.29 is 0 Å². The van der Waals surface area contributed by atoms with Gasteiger partial charge in [-0.25, -0.2) is 9.97 Å². The average Bonchev–Trinajstić information content (AvgIpc) is 2.65. The summed E-state index contributed by atoms with van der Waals surface area (Å²) < 4.78 is 0. The van der Waals surface area contributed by atoms with Gasteiger partial charge in [0, 0.05) is 16.7 Å². The van der Waals surface area contributed by atoms with Crippen molar-refractivity contribution in [3.8, 4) is 11.1 Å². The Morgan fingerprint density at radius 1 is 0.905 bits per heavy atom. The Kier molecular flexibility index (Phi) is 2.33. The largest absolute Gasteiger partial charge is 0.238 e. The van der Waals surface area contributed by atoms with Crippen molar-refractivity contribution >= 4 is 10.8 Å². The molecule has 2 nitrogen and oxygen atoms in total. The average molecular weight is 274 g/mol. The minimum Gasteiger partial charge on any atom is -0.238 e. The van der Waals surface area contributed by atoms with Gasteiger partial charge in [-0.3, -0.25) is 0 Å². The van der Waals surface area contributed by atoms with Crippen molar-refractivity contribution in [2.24, 2.45) is 0 Å². The van der Waals surface area contributed by atoms with E-state index in [9.17, 15) is 0 Å². The number of hydrogen-bond donors (Lipinski definition) is 0. The van der Waals surface area contributed by atoms with Crippen LogP contribution in [0.5, 0.6) is 0 Å². The molecule has 21 heavy (non-hydrogen) atoms. The highest BCUT2D eigenvalue weighted by molar-refractivity contribution is 5.93.